The number of aromatic nitrogens is 1. The van der Waals surface area contributed by atoms with Crippen molar-refractivity contribution in [2.24, 2.45) is 0 Å². The molecule has 110 valence electrons. The van der Waals surface area contributed by atoms with Crippen molar-refractivity contribution in [3.05, 3.63) is 24.0 Å². The van der Waals surface area contributed by atoms with Gasteiger partial charge in [-0.05, 0) is 33.3 Å². The van der Waals surface area contributed by atoms with Crippen LogP contribution in [0.3, 0.4) is 0 Å². The van der Waals surface area contributed by atoms with Gasteiger partial charge < -0.3 is 14.4 Å². The number of likely N-dealkylation sites (tertiary alicyclic amines) is 1. The summed E-state index contributed by atoms with van der Waals surface area (Å²) in [6.07, 6.45) is 4.19. The van der Waals surface area contributed by atoms with Gasteiger partial charge in [0.1, 0.15) is 11.4 Å². The van der Waals surface area contributed by atoms with Gasteiger partial charge in [0.15, 0.2) is 0 Å². The van der Waals surface area contributed by atoms with Gasteiger partial charge in [-0.15, -0.1) is 0 Å². The Morgan fingerprint density at radius 1 is 1.45 bits per heavy atom. The minimum atomic E-state index is -0.457. The van der Waals surface area contributed by atoms with Crippen LogP contribution in [0.4, 0.5) is 4.79 Å². The molecule has 0 aromatic carbocycles. The zero-order chi connectivity index (χ0) is 14.8. The van der Waals surface area contributed by atoms with Crippen LogP contribution >= 0.6 is 0 Å². The molecular formula is C15H22N2O3. The van der Waals surface area contributed by atoms with E-state index in [4.69, 9.17) is 9.47 Å². The van der Waals surface area contributed by atoms with Crippen molar-refractivity contribution in [1.82, 2.24) is 9.88 Å². The third-order valence-corrected chi connectivity index (χ3v) is 3.31. The molecule has 1 aliphatic rings. The lowest BCUT2D eigenvalue weighted by molar-refractivity contribution is 0.0292. The van der Waals surface area contributed by atoms with E-state index in [1.54, 1.807) is 18.2 Å². The summed E-state index contributed by atoms with van der Waals surface area (Å²) in [5.74, 6) is 1.09. The maximum Gasteiger partial charge on any atom is 0.410 e. The molecule has 0 bridgehead atoms. The molecule has 1 atom stereocenters. The van der Waals surface area contributed by atoms with Crippen molar-refractivity contribution in [3.63, 3.8) is 0 Å². The van der Waals surface area contributed by atoms with Gasteiger partial charge in [0.05, 0.1) is 7.11 Å². The Bertz CT molecular complexity index is 482. The van der Waals surface area contributed by atoms with Crippen LogP contribution in [0.2, 0.25) is 0 Å². The van der Waals surface area contributed by atoms with E-state index in [1.807, 2.05) is 33.0 Å². The number of amides is 1. The number of ether oxygens (including phenoxy) is 2. The molecule has 0 aliphatic carbocycles. The molecule has 20 heavy (non-hydrogen) atoms. The third-order valence-electron chi connectivity index (χ3n) is 3.31. The van der Waals surface area contributed by atoms with Gasteiger partial charge in [-0.2, -0.15) is 0 Å². The van der Waals surface area contributed by atoms with Crippen molar-refractivity contribution >= 4 is 6.09 Å². The van der Waals surface area contributed by atoms with Crippen LogP contribution in [-0.2, 0) is 4.74 Å². The monoisotopic (exact) mass is 278 g/mol. The minimum absolute atomic E-state index is 0.247. The number of hydrogen-bond acceptors (Lipinski definition) is 4. The Hall–Kier alpha value is -1.78. The second-order valence-electron chi connectivity index (χ2n) is 6.03. The highest BCUT2D eigenvalue weighted by Crippen LogP contribution is 2.33. The summed E-state index contributed by atoms with van der Waals surface area (Å²) >= 11 is 0. The Balaban J connectivity index is 2.04. The first-order valence-corrected chi connectivity index (χ1v) is 6.86. The molecular weight excluding hydrogens is 256 g/mol. The van der Waals surface area contributed by atoms with Crippen LogP contribution in [0.15, 0.2) is 18.5 Å². The zero-order valence-electron chi connectivity index (χ0n) is 12.5. The van der Waals surface area contributed by atoms with E-state index in [0.717, 1.165) is 17.7 Å². The molecule has 1 saturated heterocycles. The lowest BCUT2D eigenvalue weighted by Gasteiger charge is -2.24. The summed E-state index contributed by atoms with van der Waals surface area (Å²) in [6.45, 7) is 6.99. The average Bonchev–Trinajstić information content (AvgIpc) is 2.86. The molecule has 0 N–H and O–H groups in total. The molecule has 1 aromatic rings. The molecule has 1 amide bonds. The highest BCUT2D eigenvalue weighted by Gasteiger charge is 2.31. The number of carbonyl (C=O) groups is 1. The Morgan fingerprint density at radius 3 is 2.85 bits per heavy atom. The van der Waals surface area contributed by atoms with E-state index in [-0.39, 0.29) is 12.0 Å². The maximum atomic E-state index is 12.0. The van der Waals surface area contributed by atoms with E-state index < -0.39 is 5.60 Å². The van der Waals surface area contributed by atoms with E-state index in [0.29, 0.717) is 13.1 Å². The fourth-order valence-corrected chi connectivity index (χ4v) is 2.39. The van der Waals surface area contributed by atoms with Crippen LogP contribution < -0.4 is 4.74 Å². The van der Waals surface area contributed by atoms with E-state index >= 15 is 0 Å². The Kier molecular flexibility index (Phi) is 4.16. The lowest BCUT2D eigenvalue weighted by Crippen LogP contribution is -2.35. The summed E-state index contributed by atoms with van der Waals surface area (Å²) in [6, 6.07) is 1.85. The van der Waals surface area contributed by atoms with Crippen molar-refractivity contribution in [3.8, 4) is 5.75 Å². The third kappa shape index (κ3) is 3.40. The second-order valence-corrected chi connectivity index (χ2v) is 6.03. The molecule has 0 spiro atoms. The topological polar surface area (TPSA) is 51.7 Å². The Morgan fingerprint density at radius 2 is 2.20 bits per heavy atom. The zero-order valence-corrected chi connectivity index (χ0v) is 12.5. The molecule has 2 rings (SSSR count). The maximum absolute atomic E-state index is 12.0. The van der Waals surface area contributed by atoms with E-state index in [2.05, 4.69) is 4.98 Å². The van der Waals surface area contributed by atoms with Crippen molar-refractivity contribution in [1.29, 1.82) is 0 Å². The van der Waals surface area contributed by atoms with Gasteiger partial charge in [0.25, 0.3) is 0 Å². The normalized spacial score (nSPS) is 19.0. The molecule has 1 aliphatic heterocycles. The number of pyridine rings is 1. The largest absolute Gasteiger partial charge is 0.496 e. The number of carbonyl (C=O) groups excluding carboxylic acids is 1. The summed E-state index contributed by atoms with van der Waals surface area (Å²) in [7, 11) is 1.65. The predicted molar refractivity (Wildman–Crippen MR) is 76.0 cm³/mol. The van der Waals surface area contributed by atoms with Crippen LogP contribution in [0.25, 0.3) is 0 Å². The number of hydrogen-bond donors (Lipinski definition) is 0. The predicted octanol–water partition coefficient (Wildman–Crippen LogP) is 2.81. The standard InChI is InChI=1S/C15H22N2O3/c1-15(2,3)20-14(18)17-8-6-11(10-17)12-9-16-7-5-13(12)19-4/h5,7,9,11H,6,8,10H2,1-4H3. The van der Waals surface area contributed by atoms with Gasteiger partial charge in [0.2, 0.25) is 0 Å². The molecule has 2 heterocycles. The molecule has 0 radical (unpaired) electrons. The van der Waals surface area contributed by atoms with Gasteiger partial charge in [0, 0.05) is 37.0 Å². The lowest BCUT2D eigenvalue weighted by atomic mass is 9.99. The molecule has 5 nitrogen and oxygen atoms in total. The van der Waals surface area contributed by atoms with Gasteiger partial charge in [-0.25, -0.2) is 4.79 Å². The summed E-state index contributed by atoms with van der Waals surface area (Å²) in [5.41, 5.74) is 0.599. The van der Waals surface area contributed by atoms with Crippen LogP contribution in [0, 0.1) is 0 Å². The highest BCUT2D eigenvalue weighted by molar-refractivity contribution is 5.68. The first-order chi connectivity index (χ1) is 9.40. The molecule has 1 aromatic heterocycles. The van der Waals surface area contributed by atoms with Gasteiger partial charge in [-0.3, -0.25) is 4.98 Å². The summed E-state index contributed by atoms with van der Waals surface area (Å²) in [5, 5.41) is 0. The smallest absolute Gasteiger partial charge is 0.410 e. The number of methoxy groups -OCH3 is 1. The quantitative estimate of drug-likeness (QED) is 0.834. The van der Waals surface area contributed by atoms with Crippen molar-refractivity contribution in [2.45, 2.75) is 38.7 Å². The molecule has 0 saturated carbocycles. The number of rotatable bonds is 2. The Labute approximate surface area is 119 Å². The average molecular weight is 278 g/mol. The van der Waals surface area contributed by atoms with Gasteiger partial charge in [-0.1, -0.05) is 0 Å². The van der Waals surface area contributed by atoms with E-state index in [1.165, 1.54) is 0 Å². The van der Waals surface area contributed by atoms with Crippen molar-refractivity contribution < 1.29 is 14.3 Å². The first-order valence-electron chi connectivity index (χ1n) is 6.86. The number of nitrogens with zero attached hydrogens (tertiary/aromatic N) is 2. The molecule has 1 fully saturated rings. The van der Waals surface area contributed by atoms with Crippen LogP contribution in [0.5, 0.6) is 5.75 Å². The highest BCUT2D eigenvalue weighted by atomic mass is 16.6. The molecule has 5 heteroatoms. The van der Waals surface area contributed by atoms with Crippen LogP contribution in [0.1, 0.15) is 38.7 Å². The van der Waals surface area contributed by atoms with Crippen molar-refractivity contribution in [2.75, 3.05) is 20.2 Å². The van der Waals surface area contributed by atoms with Gasteiger partial charge >= 0.3 is 6.09 Å². The SMILES string of the molecule is COc1ccncc1C1CCN(C(=O)OC(C)(C)C)C1. The fourth-order valence-electron chi connectivity index (χ4n) is 2.39. The van der Waals surface area contributed by atoms with E-state index in [9.17, 15) is 4.79 Å². The van der Waals surface area contributed by atoms with Crippen LogP contribution in [-0.4, -0.2) is 41.8 Å². The second kappa shape index (κ2) is 5.69. The summed E-state index contributed by atoms with van der Waals surface area (Å²) < 4.78 is 10.8. The fraction of sp³-hybridized carbons (Fsp3) is 0.600. The first kappa shape index (κ1) is 14.6. The molecule has 1 unspecified atom stereocenters. The summed E-state index contributed by atoms with van der Waals surface area (Å²) in [4.78, 5) is 18.0. The minimum Gasteiger partial charge on any atom is -0.496 e.